The molecule has 0 bridgehead atoms. The van der Waals surface area contributed by atoms with Crippen molar-refractivity contribution in [3.63, 3.8) is 0 Å². The molecule has 0 spiro atoms. The number of nitrogens with one attached hydrogen (secondary N) is 1. The van der Waals surface area contributed by atoms with Gasteiger partial charge in [-0.15, -0.1) is 0 Å². The van der Waals surface area contributed by atoms with E-state index in [4.69, 9.17) is 16.3 Å². The van der Waals surface area contributed by atoms with E-state index in [0.29, 0.717) is 29.6 Å². The summed E-state index contributed by atoms with van der Waals surface area (Å²) in [6.45, 7) is 7.58. The van der Waals surface area contributed by atoms with Crippen molar-refractivity contribution in [3.05, 3.63) is 53.6 Å². The van der Waals surface area contributed by atoms with Gasteiger partial charge in [-0.05, 0) is 75.5 Å². The Morgan fingerprint density at radius 2 is 1.71 bits per heavy atom. The maximum absolute atomic E-state index is 13.4. The van der Waals surface area contributed by atoms with Crippen LogP contribution < -0.4 is 14.4 Å². The number of anilines is 1. The van der Waals surface area contributed by atoms with Crippen LogP contribution in [-0.4, -0.2) is 83.6 Å². The number of ether oxygens (including phenoxy) is 1. The average molecular weight is 509 g/mol. The maximum Gasteiger partial charge on any atom is 0.264 e. The summed E-state index contributed by atoms with van der Waals surface area (Å²) in [5.74, 6) is 0.272. The minimum absolute atomic E-state index is 0.0636. The van der Waals surface area contributed by atoms with Crippen molar-refractivity contribution in [2.45, 2.75) is 18.2 Å². The summed E-state index contributed by atoms with van der Waals surface area (Å²) in [4.78, 5) is 17.5. The van der Waals surface area contributed by atoms with Crippen LogP contribution in [0.2, 0.25) is 5.02 Å². The van der Waals surface area contributed by atoms with E-state index in [1.807, 2.05) is 6.92 Å². The van der Waals surface area contributed by atoms with Gasteiger partial charge in [0.25, 0.3) is 10.0 Å². The van der Waals surface area contributed by atoms with Gasteiger partial charge in [-0.1, -0.05) is 11.6 Å². The van der Waals surface area contributed by atoms with E-state index in [2.05, 4.69) is 22.2 Å². The van der Waals surface area contributed by atoms with E-state index in [0.717, 1.165) is 43.4 Å². The fourth-order valence-corrected chi connectivity index (χ4v) is 5.26. The van der Waals surface area contributed by atoms with Crippen molar-refractivity contribution in [3.8, 4) is 5.75 Å². The molecule has 1 N–H and O–H groups in total. The standard InChI is InChI=1S/C24H33ClN4O4S/c1-3-33-22-9-7-21(8-10-22)29(34(31,32)23-11-5-20(25)6-12-23)19-24(30)26-13-4-14-28-17-15-27(2)16-18-28/h5-12H,3-4,13-19H2,1-2H3,(H,26,30). The van der Waals surface area contributed by atoms with Gasteiger partial charge in [0.1, 0.15) is 12.3 Å². The summed E-state index contributed by atoms with van der Waals surface area (Å²) in [6.07, 6.45) is 0.808. The first-order chi connectivity index (χ1) is 16.3. The number of rotatable bonds is 11. The van der Waals surface area contributed by atoms with Crippen LogP contribution in [0.5, 0.6) is 5.75 Å². The van der Waals surface area contributed by atoms with Crippen LogP contribution in [0.4, 0.5) is 5.69 Å². The second-order valence-corrected chi connectivity index (χ2v) is 10.5. The number of hydrogen-bond donors (Lipinski definition) is 1. The number of benzene rings is 2. The molecule has 2 aromatic carbocycles. The zero-order valence-electron chi connectivity index (χ0n) is 19.7. The van der Waals surface area contributed by atoms with Crippen LogP contribution in [-0.2, 0) is 14.8 Å². The summed E-state index contributed by atoms with van der Waals surface area (Å²) in [5, 5.41) is 3.30. The molecule has 1 heterocycles. The largest absolute Gasteiger partial charge is 0.494 e. The molecule has 3 rings (SSSR count). The predicted octanol–water partition coefficient (Wildman–Crippen LogP) is 2.69. The molecule has 10 heteroatoms. The van der Waals surface area contributed by atoms with E-state index in [-0.39, 0.29) is 17.3 Å². The van der Waals surface area contributed by atoms with Crippen LogP contribution in [0, 0.1) is 0 Å². The van der Waals surface area contributed by atoms with Gasteiger partial charge in [0.2, 0.25) is 5.91 Å². The Labute approximate surface area is 207 Å². The van der Waals surface area contributed by atoms with Gasteiger partial charge in [-0.2, -0.15) is 0 Å². The first kappa shape index (κ1) is 26.3. The molecule has 0 aliphatic carbocycles. The SMILES string of the molecule is CCOc1ccc(N(CC(=O)NCCCN2CCN(C)CC2)S(=O)(=O)c2ccc(Cl)cc2)cc1. The molecule has 0 saturated carbocycles. The molecular weight excluding hydrogens is 476 g/mol. The molecule has 1 aliphatic rings. The van der Waals surface area contributed by atoms with E-state index in [1.165, 1.54) is 24.3 Å². The minimum Gasteiger partial charge on any atom is -0.494 e. The molecule has 34 heavy (non-hydrogen) atoms. The van der Waals surface area contributed by atoms with Gasteiger partial charge < -0.3 is 19.9 Å². The lowest BCUT2D eigenvalue weighted by atomic mass is 10.3. The Bertz CT molecular complexity index is 1020. The fourth-order valence-electron chi connectivity index (χ4n) is 3.71. The summed E-state index contributed by atoms with van der Waals surface area (Å²) < 4.78 is 33.4. The highest BCUT2D eigenvalue weighted by atomic mass is 35.5. The van der Waals surface area contributed by atoms with Gasteiger partial charge in [-0.25, -0.2) is 8.42 Å². The molecule has 0 radical (unpaired) electrons. The molecular formula is C24H33ClN4O4S. The second-order valence-electron chi connectivity index (χ2n) is 8.24. The van der Waals surface area contributed by atoms with Crippen molar-refractivity contribution in [2.75, 3.05) is 63.8 Å². The first-order valence-electron chi connectivity index (χ1n) is 11.5. The number of halogens is 1. The van der Waals surface area contributed by atoms with Crippen LogP contribution in [0.3, 0.4) is 0 Å². The van der Waals surface area contributed by atoms with Crippen LogP contribution in [0.15, 0.2) is 53.4 Å². The summed E-state index contributed by atoms with van der Waals surface area (Å²) in [6, 6.07) is 12.6. The average Bonchev–Trinajstić information content (AvgIpc) is 2.82. The molecule has 1 amide bonds. The molecule has 0 unspecified atom stereocenters. The van der Waals surface area contributed by atoms with Crippen molar-refractivity contribution >= 4 is 33.2 Å². The monoisotopic (exact) mass is 508 g/mol. The lowest BCUT2D eigenvalue weighted by molar-refractivity contribution is -0.119. The molecule has 0 atom stereocenters. The van der Waals surface area contributed by atoms with Crippen molar-refractivity contribution in [2.24, 2.45) is 0 Å². The number of amides is 1. The van der Waals surface area contributed by atoms with Crippen LogP contribution in [0.1, 0.15) is 13.3 Å². The normalized spacial score (nSPS) is 15.1. The third-order valence-electron chi connectivity index (χ3n) is 5.69. The maximum atomic E-state index is 13.4. The smallest absolute Gasteiger partial charge is 0.264 e. The Kier molecular flexibility index (Phi) is 9.58. The van der Waals surface area contributed by atoms with Gasteiger partial charge in [0.05, 0.1) is 17.2 Å². The number of hydrogen-bond acceptors (Lipinski definition) is 6. The first-order valence-corrected chi connectivity index (χ1v) is 13.3. The summed E-state index contributed by atoms with van der Waals surface area (Å²) in [7, 11) is -1.87. The van der Waals surface area contributed by atoms with Crippen molar-refractivity contribution in [1.82, 2.24) is 15.1 Å². The Morgan fingerprint density at radius 1 is 1.06 bits per heavy atom. The lowest BCUT2D eigenvalue weighted by Gasteiger charge is -2.32. The zero-order chi connectivity index (χ0) is 24.6. The molecule has 0 aromatic heterocycles. The number of sulfonamides is 1. The van der Waals surface area contributed by atoms with Crippen LogP contribution >= 0.6 is 11.6 Å². The van der Waals surface area contributed by atoms with E-state index in [9.17, 15) is 13.2 Å². The van der Waals surface area contributed by atoms with Gasteiger partial charge >= 0.3 is 0 Å². The second kappa shape index (κ2) is 12.4. The molecule has 2 aromatic rings. The highest BCUT2D eigenvalue weighted by Crippen LogP contribution is 2.26. The quantitative estimate of drug-likeness (QED) is 0.470. The molecule has 1 aliphatic heterocycles. The number of likely N-dealkylation sites (N-methyl/N-ethyl adjacent to an activating group) is 1. The number of carbonyl (C=O) groups is 1. The molecule has 8 nitrogen and oxygen atoms in total. The topological polar surface area (TPSA) is 82.2 Å². The molecule has 186 valence electrons. The number of piperazine rings is 1. The lowest BCUT2D eigenvalue weighted by Crippen LogP contribution is -2.45. The van der Waals surface area contributed by atoms with Gasteiger partial charge in [0.15, 0.2) is 0 Å². The Hall–Kier alpha value is -2.33. The van der Waals surface area contributed by atoms with E-state index in [1.54, 1.807) is 24.3 Å². The third-order valence-corrected chi connectivity index (χ3v) is 7.73. The van der Waals surface area contributed by atoms with Gasteiger partial charge in [-0.3, -0.25) is 9.10 Å². The molecule has 1 saturated heterocycles. The van der Waals surface area contributed by atoms with Gasteiger partial charge in [0, 0.05) is 37.7 Å². The zero-order valence-corrected chi connectivity index (χ0v) is 21.3. The van der Waals surface area contributed by atoms with Crippen LogP contribution in [0.25, 0.3) is 0 Å². The van der Waals surface area contributed by atoms with Crippen molar-refractivity contribution < 1.29 is 17.9 Å². The number of nitrogens with zero attached hydrogens (tertiary/aromatic N) is 3. The number of carbonyl (C=O) groups excluding carboxylic acids is 1. The Morgan fingerprint density at radius 3 is 2.32 bits per heavy atom. The van der Waals surface area contributed by atoms with Crippen molar-refractivity contribution in [1.29, 1.82) is 0 Å². The third kappa shape index (κ3) is 7.33. The highest BCUT2D eigenvalue weighted by molar-refractivity contribution is 7.92. The fraction of sp³-hybridized carbons (Fsp3) is 0.458. The van der Waals surface area contributed by atoms with E-state index >= 15 is 0 Å². The summed E-state index contributed by atoms with van der Waals surface area (Å²) >= 11 is 5.93. The van der Waals surface area contributed by atoms with E-state index < -0.39 is 10.0 Å². The molecule has 1 fully saturated rings. The highest BCUT2D eigenvalue weighted by Gasteiger charge is 2.27. The summed E-state index contributed by atoms with van der Waals surface area (Å²) in [5.41, 5.74) is 0.381. The minimum atomic E-state index is -3.98. The predicted molar refractivity (Wildman–Crippen MR) is 135 cm³/mol. The Balaban J connectivity index is 1.66.